The van der Waals surface area contributed by atoms with Crippen LogP contribution >= 0.6 is 0 Å². The molecular formula is C48H34N6. The Hall–Kier alpha value is -7.62. The third kappa shape index (κ3) is 6.61. The van der Waals surface area contributed by atoms with Crippen molar-refractivity contribution in [1.29, 1.82) is 5.26 Å². The summed E-state index contributed by atoms with van der Waals surface area (Å²) < 4.78 is 0. The first kappa shape index (κ1) is 33.5. The molecule has 10 aromatic rings. The van der Waals surface area contributed by atoms with Gasteiger partial charge in [-0.25, -0.2) is 15.0 Å². The van der Waals surface area contributed by atoms with Gasteiger partial charge in [0.05, 0.1) is 34.1 Å². The lowest BCUT2D eigenvalue weighted by Gasteiger charge is -2.17. The van der Waals surface area contributed by atoms with E-state index < -0.39 is 0 Å². The van der Waals surface area contributed by atoms with Crippen LogP contribution in [0.1, 0.15) is 5.56 Å². The van der Waals surface area contributed by atoms with Crippen molar-refractivity contribution in [2.75, 3.05) is 11.5 Å². The number of pyridine rings is 1. The molecule has 4 N–H and O–H groups in total. The number of nitrogens with zero attached hydrogens (tertiary/aromatic N) is 4. The number of nitrogens with two attached hydrogens (primary N) is 2. The summed E-state index contributed by atoms with van der Waals surface area (Å²) in [4.78, 5) is 15.2. The topological polar surface area (TPSA) is 114 Å². The molecule has 0 atom stereocenters. The van der Waals surface area contributed by atoms with E-state index in [1.54, 1.807) is 12.1 Å². The summed E-state index contributed by atoms with van der Waals surface area (Å²) >= 11 is 0. The van der Waals surface area contributed by atoms with E-state index >= 15 is 0 Å². The number of nitrogen functional groups attached to an aromatic ring is 2. The van der Waals surface area contributed by atoms with E-state index in [0.717, 1.165) is 83.2 Å². The number of benzene rings is 8. The van der Waals surface area contributed by atoms with Crippen LogP contribution in [0.15, 0.2) is 182 Å². The third-order valence-corrected chi connectivity index (χ3v) is 9.30. The second-order valence-corrected chi connectivity index (χ2v) is 12.7. The summed E-state index contributed by atoms with van der Waals surface area (Å²) in [5.74, 6) is 0.746. The van der Waals surface area contributed by atoms with Crippen molar-refractivity contribution in [3.8, 4) is 40.0 Å². The van der Waals surface area contributed by atoms with Gasteiger partial charge in [0.25, 0.3) is 0 Å². The fraction of sp³-hybridized carbons (Fsp3) is 0. The first-order valence-electron chi connectivity index (χ1n) is 17.6. The summed E-state index contributed by atoms with van der Waals surface area (Å²) in [7, 11) is 0. The zero-order chi connectivity index (χ0) is 36.9. The van der Waals surface area contributed by atoms with E-state index in [9.17, 15) is 0 Å². The van der Waals surface area contributed by atoms with Crippen molar-refractivity contribution < 1.29 is 0 Å². The van der Waals surface area contributed by atoms with Crippen LogP contribution in [-0.4, -0.2) is 15.0 Å². The van der Waals surface area contributed by atoms with E-state index in [1.807, 2.05) is 91.0 Å². The van der Waals surface area contributed by atoms with Gasteiger partial charge < -0.3 is 11.5 Å². The number of rotatable bonds is 3. The summed E-state index contributed by atoms with van der Waals surface area (Å²) in [5, 5.41) is 14.8. The van der Waals surface area contributed by atoms with Crippen molar-refractivity contribution in [3.05, 3.63) is 188 Å². The van der Waals surface area contributed by atoms with Crippen LogP contribution in [-0.2, 0) is 0 Å². The Morgan fingerprint density at radius 2 is 0.833 bits per heavy atom. The van der Waals surface area contributed by atoms with Crippen molar-refractivity contribution in [1.82, 2.24) is 15.0 Å². The molecule has 0 saturated carbocycles. The van der Waals surface area contributed by atoms with Crippen LogP contribution in [0.2, 0.25) is 0 Å². The molecule has 0 unspecified atom stereocenters. The Kier molecular flexibility index (Phi) is 9.27. The molecule has 256 valence electrons. The Bertz CT molecular complexity index is 2750. The molecule has 0 aliphatic rings. The van der Waals surface area contributed by atoms with Crippen molar-refractivity contribution >= 4 is 54.7 Å². The summed E-state index contributed by atoms with van der Waals surface area (Å²) in [5.41, 5.74) is 20.8. The van der Waals surface area contributed by atoms with Gasteiger partial charge in [-0.05, 0) is 53.9 Å². The summed E-state index contributed by atoms with van der Waals surface area (Å²) in [6.45, 7) is 0. The molecule has 0 amide bonds. The van der Waals surface area contributed by atoms with Crippen LogP contribution < -0.4 is 11.5 Å². The highest BCUT2D eigenvalue weighted by atomic mass is 14.9. The van der Waals surface area contributed by atoms with Gasteiger partial charge in [0, 0.05) is 55.0 Å². The van der Waals surface area contributed by atoms with Crippen LogP contribution in [0.3, 0.4) is 0 Å². The van der Waals surface area contributed by atoms with Gasteiger partial charge in [-0.1, -0.05) is 133 Å². The average Bonchev–Trinajstić information content (AvgIpc) is 3.24. The van der Waals surface area contributed by atoms with Gasteiger partial charge in [0.2, 0.25) is 0 Å². The van der Waals surface area contributed by atoms with E-state index in [2.05, 4.69) is 84.9 Å². The van der Waals surface area contributed by atoms with Crippen LogP contribution in [0.5, 0.6) is 0 Å². The molecule has 54 heavy (non-hydrogen) atoms. The molecule has 0 fully saturated rings. The normalized spacial score (nSPS) is 10.7. The molecule has 8 aromatic carbocycles. The number of aromatic nitrogens is 3. The second-order valence-electron chi connectivity index (χ2n) is 12.7. The lowest BCUT2D eigenvalue weighted by Crippen LogP contribution is -1.98. The predicted octanol–water partition coefficient (Wildman–Crippen LogP) is 11.3. The average molecular weight is 695 g/mol. The van der Waals surface area contributed by atoms with Crippen LogP contribution in [0.25, 0.3) is 77.3 Å². The highest BCUT2D eigenvalue weighted by Gasteiger charge is 2.19. The molecule has 0 spiro atoms. The van der Waals surface area contributed by atoms with Crippen molar-refractivity contribution in [2.24, 2.45) is 0 Å². The van der Waals surface area contributed by atoms with Crippen LogP contribution in [0.4, 0.5) is 11.4 Å². The first-order chi connectivity index (χ1) is 26.6. The highest BCUT2D eigenvalue weighted by molar-refractivity contribution is 6.26. The van der Waals surface area contributed by atoms with Crippen molar-refractivity contribution in [3.63, 3.8) is 0 Å². The Morgan fingerprint density at radius 1 is 0.389 bits per heavy atom. The number of fused-ring (bicyclic) bond motifs is 1. The highest BCUT2D eigenvalue weighted by Crippen LogP contribution is 2.41. The van der Waals surface area contributed by atoms with E-state index in [4.69, 9.17) is 31.7 Å². The lowest BCUT2D eigenvalue weighted by molar-refractivity contribution is 1.26. The van der Waals surface area contributed by atoms with Gasteiger partial charge in [-0.15, -0.1) is 0 Å². The van der Waals surface area contributed by atoms with E-state index in [1.165, 1.54) is 5.39 Å². The Morgan fingerprint density at radius 3 is 1.26 bits per heavy atom. The third-order valence-electron chi connectivity index (χ3n) is 9.30. The summed E-state index contributed by atoms with van der Waals surface area (Å²) in [6.07, 6.45) is 0. The predicted molar refractivity (Wildman–Crippen MR) is 224 cm³/mol. The zero-order valence-electron chi connectivity index (χ0n) is 29.3. The quantitative estimate of drug-likeness (QED) is 0.140. The molecule has 0 radical (unpaired) electrons. The van der Waals surface area contributed by atoms with Gasteiger partial charge in [0.15, 0.2) is 5.82 Å². The minimum atomic E-state index is 0.715. The maximum Gasteiger partial charge on any atom is 0.160 e. The smallest absolute Gasteiger partial charge is 0.160 e. The molecule has 0 bridgehead atoms. The minimum Gasteiger partial charge on any atom is -0.398 e. The maximum atomic E-state index is 8.29. The number of anilines is 2. The van der Waals surface area contributed by atoms with Gasteiger partial charge in [0.1, 0.15) is 0 Å². The van der Waals surface area contributed by atoms with Gasteiger partial charge in [-0.3, -0.25) is 0 Å². The molecule has 6 heteroatoms. The molecule has 0 aliphatic heterocycles. The first-order valence-corrected chi connectivity index (χ1v) is 17.6. The number of hydrogen-bond acceptors (Lipinski definition) is 6. The standard InChI is InChI=1S/C31H19N3.C10H10N2.C7H5N/c1-4-10-20(11-5-1)29-23-16-18-25-28-26(33-31(32-25)22-14-8-3-9-15-22)19-17-24(27(23)28)30(34-29)21-12-6-2-7-13-21;11-8-5-1-3-7-4-2-6-9(12)10(7)8;8-6-7-4-2-1-3-5-7/h1-19H;1-6H,11-12H2;1-5H. The summed E-state index contributed by atoms with van der Waals surface area (Å²) in [6, 6.07) is 62.3. The minimum absolute atomic E-state index is 0.715. The van der Waals surface area contributed by atoms with E-state index in [0.29, 0.717) is 5.56 Å². The van der Waals surface area contributed by atoms with Crippen molar-refractivity contribution in [2.45, 2.75) is 0 Å². The fourth-order valence-corrected chi connectivity index (χ4v) is 6.79. The lowest BCUT2D eigenvalue weighted by atomic mass is 9.93. The molecule has 10 rings (SSSR count). The second kappa shape index (κ2) is 14.9. The maximum absolute atomic E-state index is 8.29. The monoisotopic (exact) mass is 694 g/mol. The van der Waals surface area contributed by atoms with Gasteiger partial charge >= 0.3 is 0 Å². The SMILES string of the molecule is N#Cc1ccccc1.Nc1cccc2cccc(N)c12.c1ccc(-c2nc3ccc4c(-c5ccccc5)nc(-c5ccccc5)c5ccc(n2)c3c45)cc1. The zero-order valence-corrected chi connectivity index (χ0v) is 29.3. The molecule has 2 heterocycles. The molecule has 0 aliphatic carbocycles. The molecule has 6 nitrogen and oxygen atoms in total. The Labute approximate surface area is 313 Å². The van der Waals surface area contributed by atoms with Crippen LogP contribution in [0, 0.1) is 11.3 Å². The molecule has 2 aromatic heterocycles. The van der Waals surface area contributed by atoms with E-state index in [-0.39, 0.29) is 0 Å². The largest absolute Gasteiger partial charge is 0.398 e. The number of nitriles is 1. The Balaban J connectivity index is 0.000000168. The fourth-order valence-electron chi connectivity index (χ4n) is 6.79. The van der Waals surface area contributed by atoms with Gasteiger partial charge in [-0.2, -0.15) is 5.26 Å². The molecule has 0 saturated heterocycles. The number of hydrogen-bond donors (Lipinski definition) is 2. The molecular weight excluding hydrogens is 661 g/mol.